The van der Waals surface area contributed by atoms with Gasteiger partial charge in [-0.05, 0) is 25.7 Å². The minimum absolute atomic E-state index is 0.237. The van der Waals surface area contributed by atoms with Gasteiger partial charge >= 0.3 is 6.03 Å². The Morgan fingerprint density at radius 3 is 2.27 bits per heavy atom. The molecular formula is C15H26N4O3. The van der Waals surface area contributed by atoms with Crippen LogP contribution in [0.25, 0.3) is 0 Å². The van der Waals surface area contributed by atoms with Crippen molar-refractivity contribution in [1.82, 2.24) is 15.1 Å². The molecule has 0 bridgehead atoms. The molecule has 1 aliphatic carbocycles. The van der Waals surface area contributed by atoms with E-state index in [2.05, 4.69) is 5.32 Å². The molecule has 1 saturated carbocycles. The summed E-state index contributed by atoms with van der Waals surface area (Å²) in [5, 5.41) is 2.10. The lowest BCUT2D eigenvalue weighted by atomic mass is 10.0. The summed E-state index contributed by atoms with van der Waals surface area (Å²) in [6, 6.07) is -1.25. The van der Waals surface area contributed by atoms with E-state index in [1.54, 1.807) is 6.92 Å². The first-order valence-electron chi connectivity index (χ1n) is 8.09. The Kier molecular flexibility index (Phi) is 5.76. The standard InChI is InChI=1S/C15H26N4O3/c1-11(14(21)17-15(16)22)18-6-8-19(9-7-18)13(20)10-12-4-2-3-5-12/h11-12H,2-10H2,1H3,(H3,16,17,21,22). The average Bonchev–Trinajstić information content (AvgIpc) is 2.98. The number of primary amides is 1. The molecule has 2 rings (SSSR count). The topological polar surface area (TPSA) is 95.7 Å². The average molecular weight is 310 g/mol. The van der Waals surface area contributed by atoms with E-state index in [0.29, 0.717) is 38.5 Å². The van der Waals surface area contributed by atoms with Gasteiger partial charge in [-0.1, -0.05) is 12.8 Å². The summed E-state index contributed by atoms with van der Waals surface area (Å²) in [6.07, 6.45) is 5.51. The molecule has 7 heteroatoms. The summed E-state index contributed by atoms with van der Waals surface area (Å²) in [5.74, 6) is 0.407. The van der Waals surface area contributed by atoms with Gasteiger partial charge in [-0.25, -0.2) is 4.79 Å². The zero-order valence-corrected chi connectivity index (χ0v) is 13.2. The van der Waals surface area contributed by atoms with Crippen molar-refractivity contribution in [3.05, 3.63) is 0 Å². The van der Waals surface area contributed by atoms with Crippen LogP contribution in [0.2, 0.25) is 0 Å². The molecule has 22 heavy (non-hydrogen) atoms. The van der Waals surface area contributed by atoms with Gasteiger partial charge in [0.15, 0.2) is 0 Å². The number of amides is 4. The quantitative estimate of drug-likeness (QED) is 0.780. The van der Waals surface area contributed by atoms with Gasteiger partial charge in [0, 0.05) is 32.6 Å². The maximum atomic E-state index is 12.3. The van der Waals surface area contributed by atoms with Crippen LogP contribution in [0.15, 0.2) is 0 Å². The number of imide groups is 1. The molecule has 1 atom stereocenters. The highest BCUT2D eigenvalue weighted by Gasteiger charge is 2.29. The number of carbonyl (C=O) groups excluding carboxylic acids is 3. The third-order valence-electron chi connectivity index (χ3n) is 4.78. The van der Waals surface area contributed by atoms with Crippen molar-refractivity contribution >= 4 is 17.8 Å². The fourth-order valence-corrected chi connectivity index (χ4v) is 3.34. The number of carbonyl (C=O) groups is 3. The molecule has 1 aliphatic heterocycles. The Morgan fingerprint density at radius 2 is 1.73 bits per heavy atom. The second-order valence-corrected chi connectivity index (χ2v) is 6.30. The van der Waals surface area contributed by atoms with Gasteiger partial charge in [0.2, 0.25) is 11.8 Å². The fraction of sp³-hybridized carbons (Fsp3) is 0.800. The minimum Gasteiger partial charge on any atom is -0.351 e. The van der Waals surface area contributed by atoms with Crippen LogP contribution < -0.4 is 11.1 Å². The number of nitrogens with one attached hydrogen (secondary N) is 1. The predicted molar refractivity (Wildman–Crippen MR) is 81.9 cm³/mol. The molecule has 0 aromatic heterocycles. The van der Waals surface area contributed by atoms with Crippen molar-refractivity contribution in [3.63, 3.8) is 0 Å². The minimum atomic E-state index is -0.831. The molecule has 7 nitrogen and oxygen atoms in total. The van der Waals surface area contributed by atoms with E-state index in [9.17, 15) is 14.4 Å². The highest BCUT2D eigenvalue weighted by atomic mass is 16.2. The highest BCUT2D eigenvalue weighted by molar-refractivity contribution is 5.96. The monoisotopic (exact) mass is 310 g/mol. The number of urea groups is 1. The first-order chi connectivity index (χ1) is 10.5. The van der Waals surface area contributed by atoms with Crippen LogP contribution in [0.5, 0.6) is 0 Å². The zero-order chi connectivity index (χ0) is 16.1. The Balaban J connectivity index is 1.75. The van der Waals surface area contributed by atoms with Crippen molar-refractivity contribution < 1.29 is 14.4 Å². The van der Waals surface area contributed by atoms with E-state index in [1.165, 1.54) is 25.7 Å². The van der Waals surface area contributed by atoms with Gasteiger partial charge in [-0.15, -0.1) is 0 Å². The molecule has 124 valence electrons. The van der Waals surface area contributed by atoms with Crippen LogP contribution in [-0.2, 0) is 9.59 Å². The lowest BCUT2D eigenvalue weighted by Gasteiger charge is -2.37. The largest absolute Gasteiger partial charge is 0.351 e. The summed E-state index contributed by atoms with van der Waals surface area (Å²) in [6.45, 7) is 4.31. The highest BCUT2D eigenvalue weighted by Crippen LogP contribution is 2.28. The molecule has 1 unspecified atom stereocenters. The number of hydrogen-bond donors (Lipinski definition) is 2. The Hall–Kier alpha value is -1.63. The Labute approximate surface area is 131 Å². The zero-order valence-electron chi connectivity index (χ0n) is 13.2. The first-order valence-corrected chi connectivity index (χ1v) is 8.09. The third kappa shape index (κ3) is 4.43. The van der Waals surface area contributed by atoms with E-state index in [-0.39, 0.29) is 5.91 Å². The first kappa shape index (κ1) is 16.7. The SMILES string of the molecule is CC(C(=O)NC(N)=O)N1CCN(C(=O)CC2CCCC2)CC1. The summed E-state index contributed by atoms with van der Waals surface area (Å²) in [7, 11) is 0. The van der Waals surface area contributed by atoms with Crippen molar-refractivity contribution in [2.24, 2.45) is 11.7 Å². The number of rotatable bonds is 4. The molecule has 0 aromatic carbocycles. The normalized spacial score (nSPS) is 21.6. The van der Waals surface area contributed by atoms with Gasteiger partial charge in [0.25, 0.3) is 0 Å². The van der Waals surface area contributed by atoms with Crippen LogP contribution in [0.3, 0.4) is 0 Å². The molecule has 2 aliphatic rings. The van der Waals surface area contributed by atoms with Crippen LogP contribution in [0.1, 0.15) is 39.0 Å². The van der Waals surface area contributed by atoms with E-state index >= 15 is 0 Å². The summed E-state index contributed by atoms with van der Waals surface area (Å²) in [4.78, 5) is 38.6. The van der Waals surface area contributed by atoms with E-state index < -0.39 is 18.0 Å². The number of piperazine rings is 1. The Bertz CT molecular complexity index is 427. The van der Waals surface area contributed by atoms with Crippen LogP contribution in [0, 0.1) is 5.92 Å². The van der Waals surface area contributed by atoms with Gasteiger partial charge in [-0.2, -0.15) is 0 Å². The van der Waals surface area contributed by atoms with Crippen LogP contribution in [-0.4, -0.2) is 59.9 Å². The van der Waals surface area contributed by atoms with E-state index in [0.717, 1.165) is 0 Å². The fourth-order valence-electron chi connectivity index (χ4n) is 3.34. The molecular weight excluding hydrogens is 284 g/mol. The van der Waals surface area contributed by atoms with Gasteiger partial charge in [-0.3, -0.25) is 19.8 Å². The summed E-state index contributed by atoms with van der Waals surface area (Å²) < 4.78 is 0. The van der Waals surface area contributed by atoms with Gasteiger partial charge < -0.3 is 10.6 Å². The summed E-state index contributed by atoms with van der Waals surface area (Å²) >= 11 is 0. The number of nitrogens with zero attached hydrogens (tertiary/aromatic N) is 2. The maximum Gasteiger partial charge on any atom is 0.318 e. The Morgan fingerprint density at radius 1 is 1.14 bits per heavy atom. The summed E-state index contributed by atoms with van der Waals surface area (Å²) in [5.41, 5.74) is 4.96. The molecule has 2 fully saturated rings. The maximum absolute atomic E-state index is 12.3. The predicted octanol–water partition coefficient (Wildman–Crippen LogP) is 0.294. The van der Waals surface area contributed by atoms with Crippen molar-refractivity contribution in [3.8, 4) is 0 Å². The van der Waals surface area contributed by atoms with Gasteiger partial charge in [0.05, 0.1) is 6.04 Å². The third-order valence-corrected chi connectivity index (χ3v) is 4.78. The molecule has 1 heterocycles. The second kappa shape index (κ2) is 7.58. The molecule has 1 saturated heterocycles. The van der Waals surface area contributed by atoms with Gasteiger partial charge in [0.1, 0.15) is 0 Å². The van der Waals surface area contributed by atoms with E-state index in [1.807, 2.05) is 9.80 Å². The lowest BCUT2D eigenvalue weighted by molar-refractivity contribution is -0.135. The molecule has 0 radical (unpaired) electrons. The van der Waals surface area contributed by atoms with Crippen molar-refractivity contribution in [2.45, 2.75) is 45.1 Å². The van der Waals surface area contributed by atoms with Crippen LogP contribution >= 0.6 is 0 Å². The smallest absolute Gasteiger partial charge is 0.318 e. The number of nitrogens with two attached hydrogens (primary N) is 1. The molecule has 3 N–H and O–H groups in total. The molecule has 0 aromatic rings. The second-order valence-electron chi connectivity index (χ2n) is 6.30. The van der Waals surface area contributed by atoms with Crippen molar-refractivity contribution in [2.75, 3.05) is 26.2 Å². The van der Waals surface area contributed by atoms with Crippen molar-refractivity contribution in [1.29, 1.82) is 0 Å². The number of hydrogen-bond acceptors (Lipinski definition) is 4. The molecule has 0 spiro atoms. The molecule has 4 amide bonds. The lowest BCUT2D eigenvalue weighted by Crippen LogP contribution is -2.56. The van der Waals surface area contributed by atoms with E-state index in [4.69, 9.17) is 5.73 Å². The van der Waals surface area contributed by atoms with Crippen LogP contribution in [0.4, 0.5) is 4.79 Å².